The van der Waals surface area contributed by atoms with Crippen LogP contribution in [0, 0.1) is 29.6 Å². The first kappa shape index (κ1) is 83.4. The summed E-state index contributed by atoms with van der Waals surface area (Å²) >= 11 is 0. The Morgan fingerprint density at radius 2 is 0.672 bits per heavy atom. The number of hydrogen-bond donors (Lipinski definition) is 13. The van der Waals surface area contributed by atoms with Crippen LogP contribution in [-0.4, -0.2) is 113 Å². The van der Waals surface area contributed by atoms with E-state index < -0.39 is 0 Å². The summed E-state index contributed by atoms with van der Waals surface area (Å²) in [5.74, 6) is 3.26. The molecule has 26 N–H and O–H groups in total. The summed E-state index contributed by atoms with van der Waals surface area (Å²) < 4.78 is 9.49. The topological polar surface area (TPSA) is 357 Å². The number of nitrogens with two attached hydrogens (primary N) is 13. The Kier molecular flexibility index (Phi) is 121. The summed E-state index contributed by atoms with van der Waals surface area (Å²) in [6.45, 7) is 28.9. The second-order valence-corrected chi connectivity index (χ2v) is 16.2. The molecule has 15 heteroatoms. The Hall–Kier alpha value is -0.600. The van der Waals surface area contributed by atoms with Gasteiger partial charge in [-0.1, -0.05) is 113 Å². The Labute approximate surface area is 402 Å². The smallest absolute Gasteiger partial charge is 0.0584 e. The fourth-order valence-electron chi connectivity index (χ4n) is 5.08. The van der Waals surface area contributed by atoms with Crippen molar-refractivity contribution in [2.45, 2.75) is 177 Å². The second-order valence-electron chi connectivity index (χ2n) is 16.2. The molecule has 0 fully saturated rings. The van der Waals surface area contributed by atoms with Crippen LogP contribution in [0.4, 0.5) is 0 Å². The summed E-state index contributed by atoms with van der Waals surface area (Å²) in [5, 5.41) is 0. The van der Waals surface area contributed by atoms with Gasteiger partial charge in [-0.2, -0.15) is 0 Å². The fraction of sp³-hybridized carbons (Fsp3) is 1.00. The van der Waals surface area contributed by atoms with E-state index in [1.165, 1.54) is 83.5 Å². The molecule has 0 aliphatic heterocycles. The quantitative estimate of drug-likeness (QED) is 0.0381. The van der Waals surface area contributed by atoms with Crippen molar-refractivity contribution in [3.8, 4) is 0 Å². The van der Waals surface area contributed by atoms with E-state index in [4.69, 9.17) is 79.3 Å². The van der Waals surface area contributed by atoms with Crippen molar-refractivity contribution >= 4 is 0 Å². The highest BCUT2D eigenvalue weighted by Crippen LogP contribution is 2.13. The Balaban J connectivity index is -0.0000000770. The fourth-order valence-corrected chi connectivity index (χ4v) is 5.08. The van der Waals surface area contributed by atoms with Crippen molar-refractivity contribution in [3.05, 3.63) is 0 Å². The lowest BCUT2D eigenvalue weighted by atomic mass is 9.96. The molecule has 0 radical (unpaired) electrons. The van der Waals surface area contributed by atoms with E-state index in [2.05, 4.69) is 60.1 Å². The van der Waals surface area contributed by atoms with E-state index in [-0.39, 0.29) is 0 Å². The van der Waals surface area contributed by atoms with Crippen molar-refractivity contribution < 1.29 is 9.47 Å². The van der Waals surface area contributed by atoms with Crippen LogP contribution in [0.2, 0.25) is 0 Å². The van der Waals surface area contributed by atoms with Crippen LogP contribution in [0.1, 0.15) is 177 Å². The standard InChI is InChI=1S/C8H20N2.C7H18N2.C7H17NO.2C6H16N2.C5H13N.C4H11N.C3H9NO.C3H9N/c1-2-3-8(4-6-9)5-7-10;1-2-3-4-7(5-8)6-9;1-3-7(6-8)4-5-9-2;1-6(2-4-7)3-5-8;1-2-3-6(4-7)5-8;1-2-3-4-5-6;1-2-3-4-5;1-5-3-2-4;1-2-3-4/h8H,2-7,9-10H2,1H3;7H,2-6,8-9H2,1H3;7H,3-6,8H2,1-2H3;2*6H,2-5,7-8H2,1H3;2-6H2,1H3;2-5H2,1H3;2-4H2,1H3;2-4H2,1H3. The minimum atomic E-state index is 0.556. The summed E-state index contributed by atoms with van der Waals surface area (Å²) in [4.78, 5) is 0. The van der Waals surface area contributed by atoms with Crippen molar-refractivity contribution in [1.82, 2.24) is 0 Å². The molecule has 15 nitrogen and oxygen atoms in total. The predicted molar refractivity (Wildman–Crippen MR) is 292 cm³/mol. The lowest BCUT2D eigenvalue weighted by Gasteiger charge is -2.12. The van der Waals surface area contributed by atoms with E-state index in [0.717, 1.165) is 130 Å². The molecule has 0 saturated heterocycles. The first-order chi connectivity index (χ1) is 30.8. The largest absolute Gasteiger partial charge is 0.385 e. The van der Waals surface area contributed by atoms with Gasteiger partial charge in [-0.15, -0.1) is 0 Å². The maximum Gasteiger partial charge on any atom is 0.0584 e. The third kappa shape index (κ3) is 109. The highest BCUT2D eigenvalue weighted by atomic mass is 16.5. The molecule has 0 bridgehead atoms. The second kappa shape index (κ2) is 92.6. The monoisotopic (exact) mass is 932 g/mol. The van der Waals surface area contributed by atoms with E-state index in [0.29, 0.717) is 36.8 Å². The van der Waals surface area contributed by atoms with Crippen molar-refractivity contribution in [3.63, 3.8) is 0 Å². The van der Waals surface area contributed by atoms with Crippen LogP contribution in [-0.2, 0) is 9.47 Å². The number of ether oxygens (including phenoxy) is 2. The highest BCUT2D eigenvalue weighted by molar-refractivity contribution is 4.61. The molecular formula is C49H129N13O2. The molecule has 0 aromatic heterocycles. The first-order valence-corrected chi connectivity index (χ1v) is 25.9. The van der Waals surface area contributed by atoms with Crippen molar-refractivity contribution in [2.75, 3.05) is 113 Å². The van der Waals surface area contributed by atoms with Gasteiger partial charge in [-0.05, 0) is 172 Å². The molecule has 0 spiro atoms. The first-order valence-electron chi connectivity index (χ1n) is 25.9. The van der Waals surface area contributed by atoms with Crippen molar-refractivity contribution in [2.24, 2.45) is 104 Å². The summed E-state index contributed by atoms with van der Waals surface area (Å²) in [6.07, 6.45) is 22.6. The number of unbranched alkanes of at least 4 members (excludes halogenated alkanes) is 4. The molecule has 1 unspecified atom stereocenters. The van der Waals surface area contributed by atoms with Gasteiger partial charge in [-0.3, -0.25) is 0 Å². The van der Waals surface area contributed by atoms with E-state index in [1.54, 1.807) is 14.2 Å². The normalized spacial score (nSPS) is 10.4. The third-order valence-electron chi connectivity index (χ3n) is 9.78. The molecule has 0 rings (SSSR count). The van der Waals surface area contributed by atoms with Gasteiger partial charge >= 0.3 is 0 Å². The maximum atomic E-state index is 5.47. The lowest BCUT2D eigenvalue weighted by Crippen LogP contribution is -2.22. The number of rotatable bonds is 32. The summed E-state index contributed by atoms with van der Waals surface area (Å²) in [7, 11) is 3.36. The number of methoxy groups -OCH3 is 2. The average Bonchev–Trinajstić information content (AvgIpc) is 3.31. The molecule has 0 aromatic carbocycles. The van der Waals surface area contributed by atoms with Gasteiger partial charge in [0.2, 0.25) is 0 Å². The van der Waals surface area contributed by atoms with Crippen LogP contribution >= 0.6 is 0 Å². The molecule has 64 heavy (non-hydrogen) atoms. The Morgan fingerprint density at radius 1 is 0.297 bits per heavy atom. The third-order valence-corrected chi connectivity index (χ3v) is 9.78. The summed E-state index contributed by atoms with van der Waals surface area (Å²) in [6, 6.07) is 0. The van der Waals surface area contributed by atoms with E-state index in [9.17, 15) is 0 Å². The number of hydrogen-bond acceptors (Lipinski definition) is 15. The SMILES string of the molecule is CC(CCN)CCN.CCC(CN)CCOC.CCCC(CCN)CCN.CCCC(CN)CN.CCCCC(CN)CN.CCCCCN.CCCCN.CCCN.COCCN. The van der Waals surface area contributed by atoms with Gasteiger partial charge in [0.25, 0.3) is 0 Å². The average molecular weight is 933 g/mol. The highest BCUT2D eigenvalue weighted by Gasteiger charge is 2.04. The molecule has 0 aliphatic rings. The molecule has 1 atom stereocenters. The minimum Gasteiger partial charge on any atom is -0.385 e. The predicted octanol–water partition coefficient (Wildman–Crippen LogP) is 5.29. The zero-order chi connectivity index (χ0) is 51.3. The molecule has 0 aliphatic carbocycles. The van der Waals surface area contributed by atoms with Gasteiger partial charge in [-0.25, -0.2) is 0 Å². The molecule has 0 amide bonds. The molecule has 0 aromatic rings. The zero-order valence-corrected chi connectivity index (χ0v) is 45.3. The van der Waals surface area contributed by atoms with Gasteiger partial charge < -0.3 is 84.0 Å². The lowest BCUT2D eigenvalue weighted by molar-refractivity contribution is 0.177. The van der Waals surface area contributed by atoms with Crippen LogP contribution in [0.15, 0.2) is 0 Å². The van der Waals surface area contributed by atoms with Crippen LogP contribution in [0.3, 0.4) is 0 Å². The maximum absolute atomic E-state index is 5.47. The Morgan fingerprint density at radius 3 is 0.875 bits per heavy atom. The molecular weight excluding hydrogens is 803 g/mol. The zero-order valence-electron chi connectivity index (χ0n) is 45.3. The molecule has 402 valence electrons. The molecule has 0 heterocycles. The van der Waals surface area contributed by atoms with Crippen LogP contribution in [0.5, 0.6) is 0 Å². The van der Waals surface area contributed by atoms with Crippen molar-refractivity contribution in [1.29, 1.82) is 0 Å². The van der Waals surface area contributed by atoms with E-state index >= 15 is 0 Å². The summed E-state index contributed by atoms with van der Waals surface area (Å²) in [5.41, 5.74) is 69.1. The van der Waals surface area contributed by atoms with E-state index in [1.807, 2.05) is 0 Å². The van der Waals surface area contributed by atoms with Gasteiger partial charge in [0.05, 0.1) is 6.61 Å². The minimum absolute atomic E-state index is 0.556. The Bertz CT molecular complexity index is 573. The van der Waals surface area contributed by atoms with Crippen LogP contribution < -0.4 is 74.5 Å². The van der Waals surface area contributed by atoms with Gasteiger partial charge in [0.15, 0.2) is 0 Å². The van der Waals surface area contributed by atoms with Gasteiger partial charge in [0.1, 0.15) is 0 Å². The van der Waals surface area contributed by atoms with Gasteiger partial charge in [0, 0.05) is 27.4 Å². The molecule has 0 saturated carbocycles. The van der Waals surface area contributed by atoms with Crippen LogP contribution in [0.25, 0.3) is 0 Å².